The van der Waals surface area contributed by atoms with Gasteiger partial charge in [-0.1, -0.05) is 158 Å². The first kappa shape index (κ1) is 50.1. The minimum atomic E-state index is -0.00355. The zero-order chi connectivity index (χ0) is 52.7. The summed E-state index contributed by atoms with van der Waals surface area (Å²) in [6.45, 7) is 38.6. The molecule has 0 unspecified atom stereocenters. The first-order valence-corrected chi connectivity index (χ1v) is 27.9. The van der Waals surface area contributed by atoms with Crippen molar-refractivity contribution < 1.29 is 4.42 Å². The summed E-state index contributed by atoms with van der Waals surface area (Å²) in [5.41, 5.74) is 22.9. The van der Waals surface area contributed by atoms with Gasteiger partial charge in [0.15, 0.2) is 0 Å². The first-order valence-electron chi connectivity index (χ1n) is 27.9. The molecule has 3 aliphatic carbocycles. The van der Waals surface area contributed by atoms with E-state index in [9.17, 15) is 0 Å². The Morgan fingerprint density at radius 2 is 0.784 bits per heavy atom. The Morgan fingerprint density at radius 3 is 1.30 bits per heavy atom. The van der Waals surface area contributed by atoms with E-state index >= 15 is 0 Å². The Kier molecular flexibility index (Phi) is 11.5. The zero-order valence-electron chi connectivity index (χ0n) is 47.7. The Balaban J connectivity index is 1.22. The zero-order valence-corrected chi connectivity index (χ0v) is 47.7. The second-order valence-corrected chi connectivity index (χ2v) is 28.0. The van der Waals surface area contributed by atoms with E-state index in [4.69, 9.17) is 4.42 Å². The Bertz CT molecular complexity index is 3430. The van der Waals surface area contributed by atoms with Crippen LogP contribution in [0.3, 0.4) is 0 Å². The summed E-state index contributed by atoms with van der Waals surface area (Å²) < 4.78 is 6.65. The molecule has 0 aliphatic heterocycles. The quantitative estimate of drug-likeness (QED) is 0.159. The molecule has 1 heterocycles. The van der Waals surface area contributed by atoms with E-state index in [0.717, 1.165) is 58.3 Å². The predicted octanol–water partition coefficient (Wildman–Crippen LogP) is 20.8. The molecule has 3 aliphatic rings. The normalized spacial score (nSPS) is 18.9. The highest BCUT2D eigenvalue weighted by molar-refractivity contribution is 6.07. The van der Waals surface area contributed by atoms with Crippen molar-refractivity contribution >= 4 is 56.1 Å². The topological polar surface area (TPSA) is 19.6 Å². The van der Waals surface area contributed by atoms with Crippen molar-refractivity contribution in [2.75, 3.05) is 9.80 Å². The van der Waals surface area contributed by atoms with Gasteiger partial charge in [0.05, 0.1) is 0 Å². The van der Waals surface area contributed by atoms with Crippen LogP contribution in [-0.4, -0.2) is 0 Å². The van der Waals surface area contributed by atoms with Gasteiger partial charge in [-0.3, -0.25) is 0 Å². The molecule has 11 rings (SSSR count). The maximum absolute atomic E-state index is 6.65. The smallest absolute Gasteiger partial charge is 0.135 e. The number of nitrogens with zero attached hydrogens (tertiary/aromatic N) is 2. The largest absolute Gasteiger partial charge is 0.456 e. The fourth-order valence-electron chi connectivity index (χ4n) is 13.3. The minimum Gasteiger partial charge on any atom is -0.456 e. The monoisotopic (exact) mass is 979 g/mol. The Morgan fingerprint density at radius 1 is 0.365 bits per heavy atom. The molecular formula is C71H82N2O. The summed E-state index contributed by atoms with van der Waals surface area (Å²) in [6, 6.07) is 52.0. The van der Waals surface area contributed by atoms with Crippen LogP contribution in [0.5, 0.6) is 0 Å². The summed E-state index contributed by atoms with van der Waals surface area (Å²) >= 11 is 0. The molecule has 3 heteroatoms. The van der Waals surface area contributed by atoms with E-state index in [-0.39, 0.29) is 37.9 Å². The van der Waals surface area contributed by atoms with Crippen LogP contribution in [0.1, 0.15) is 187 Å². The van der Waals surface area contributed by atoms with E-state index in [2.05, 4.69) is 254 Å². The van der Waals surface area contributed by atoms with Crippen LogP contribution in [0.15, 0.2) is 138 Å². The lowest BCUT2D eigenvalue weighted by Crippen LogP contribution is -2.34. The van der Waals surface area contributed by atoms with Gasteiger partial charge in [0.1, 0.15) is 11.2 Å². The number of benzene rings is 7. The molecule has 382 valence electrons. The van der Waals surface area contributed by atoms with Crippen molar-refractivity contribution in [2.24, 2.45) is 0 Å². The lowest BCUT2D eigenvalue weighted by atomic mass is 9.63. The van der Waals surface area contributed by atoms with E-state index in [1.807, 2.05) is 0 Å². The highest BCUT2D eigenvalue weighted by Crippen LogP contribution is 2.54. The molecule has 0 amide bonds. The van der Waals surface area contributed by atoms with E-state index < -0.39 is 0 Å². The van der Waals surface area contributed by atoms with Crippen molar-refractivity contribution in [3.8, 4) is 11.1 Å². The highest BCUT2D eigenvalue weighted by atomic mass is 16.3. The second kappa shape index (κ2) is 17.0. The molecule has 0 saturated heterocycles. The van der Waals surface area contributed by atoms with Crippen molar-refractivity contribution in [1.29, 1.82) is 0 Å². The molecular weight excluding hydrogens is 897 g/mol. The maximum atomic E-state index is 6.65. The molecule has 0 atom stereocenters. The van der Waals surface area contributed by atoms with E-state index in [1.165, 1.54) is 92.0 Å². The third-order valence-electron chi connectivity index (χ3n) is 18.7. The van der Waals surface area contributed by atoms with Crippen molar-refractivity contribution in [1.82, 2.24) is 0 Å². The third kappa shape index (κ3) is 8.49. The van der Waals surface area contributed by atoms with Gasteiger partial charge in [-0.05, 0) is 218 Å². The molecule has 0 N–H and O–H groups in total. The van der Waals surface area contributed by atoms with Crippen molar-refractivity contribution in [3.05, 3.63) is 178 Å². The number of aryl methyl sites for hydroxylation is 1. The Labute approximate surface area is 444 Å². The molecule has 7 aromatic carbocycles. The third-order valence-corrected chi connectivity index (χ3v) is 18.7. The average molecular weight is 979 g/mol. The van der Waals surface area contributed by atoms with Crippen LogP contribution in [0.4, 0.5) is 34.1 Å². The second-order valence-electron chi connectivity index (χ2n) is 28.0. The predicted molar refractivity (Wildman–Crippen MR) is 318 cm³/mol. The number of hydrogen-bond donors (Lipinski definition) is 0. The van der Waals surface area contributed by atoms with Crippen LogP contribution in [0.2, 0.25) is 0 Å². The summed E-state index contributed by atoms with van der Waals surface area (Å²) in [5.74, 6) is 0. The molecule has 0 fully saturated rings. The number of rotatable bonds is 7. The lowest BCUT2D eigenvalue weighted by Gasteiger charge is -2.43. The van der Waals surface area contributed by atoms with Gasteiger partial charge in [0, 0.05) is 44.9 Å². The van der Waals surface area contributed by atoms with Crippen LogP contribution in [0, 0.1) is 6.92 Å². The standard InChI is InChI=1S/C71H82N2O/c1-45-36-58-61(71(15,16)35-34-68(58,9)10)44-62(45)73(49-25-29-64-55(41-49)54-39-48(65(2,3)4)22-28-63(54)74-64)53-38-47(46-20-18-17-19-21-46)37-52(40-53)72(50-23-26-56-59(42-50)69(11,12)32-30-66(56,5)6)51-24-27-57-60(43-51)70(13,14)33-31-67(57,7)8/h17-29,36-44H,30-35H2,1-16H3. The fourth-order valence-corrected chi connectivity index (χ4v) is 13.3. The van der Waals surface area contributed by atoms with Crippen molar-refractivity contribution in [3.63, 3.8) is 0 Å². The van der Waals surface area contributed by atoms with Crippen molar-refractivity contribution in [2.45, 2.75) is 187 Å². The molecule has 74 heavy (non-hydrogen) atoms. The summed E-state index contributed by atoms with van der Waals surface area (Å²) in [5, 5.41) is 2.28. The number of hydrogen-bond acceptors (Lipinski definition) is 3. The molecule has 1 aromatic heterocycles. The maximum Gasteiger partial charge on any atom is 0.135 e. The summed E-state index contributed by atoms with van der Waals surface area (Å²) in [7, 11) is 0. The number of fused-ring (bicyclic) bond motifs is 6. The minimum absolute atomic E-state index is 0.00355. The average Bonchev–Trinajstić information content (AvgIpc) is 3.72. The van der Waals surface area contributed by atoms with Gasteiger partial charge < -0.3 is 14.2 Å². The molecule has 8 aromatic rings. The summed E-state index contributed by atoms with van der Waals surface area (Å²) in [6.07, 6.45) is 6.98. The number of furan rings is 1. The lowest BCUT2D eigenvalue weighted by molar-refractivity contribution is 0.332. The van der Waals surface area contributed by atoms with Gasteiger partial charge in [-0.15, -0.1) is 0 Å². The molecule has 0 spiro atoms. The van der Waals surface area contributed by atoms with Crippen LogP contribution < -0.4 is 9.80 Å². The van der Waals surface area contributed by atoms with E-state index in [0.29, 0.717) is 0 Å². The molecule has 0 saturated carbocycles. The molecule has 0 bridgehead atoms. The van der Waals surface area contributed by atoms with Gasteiger partial charge in [-0.2, -0.15) is 0 Å². The SMILES string of the molecule is Cc1cc2c(cc1N(c1cc(-c3ccccc3)cc(N(c3ccc4c(c3)C(C)(C)CCC4(C)C)c3ccc4c(c3)C(C)(C)CCC4(C)C)c1)c1ccc3oc4ccc(C(C)(C)C)cc4c3c1)C(C)(C)CCC2(C)C. The van der Waals surface area contributed by atoms with Gasteiger partial charge >= 0.3 is 0 Å². The van der Waals surface area contributed by atoms with E-state index in [1.54, 1.807) is 0 Å². The van der Waals surface area contributed by atoms with Crippen LogP contribution in [-0.2, 0) is 37.9 Å². The molecule has 0 radical (unpaired) electrons. The first-order chi connectivity index (χ1) is 34.6. The number of anilines is 6. The summed E-state index contributed by atoms with van der Waals surface area (Å²) in [4.78, 5) is 5.17. The van der Waals surface area contributed by atoms with Gasteiger partial charge in [-0.25, -0.2) is 0 Å². The molecule has 3 nitrogen and oxygen atoms in total. The van der Waals surface area contributed by atoms with Gasteiger partial charge in [0.25, 0.3) is 0 Å². The van der Waals surface area contributed by atoms with Crippen LogP contribution >= 0.6 is 0 Å². The highest BCUT2D eigenvalue weighted by Gasteiger charge is 2.41. The van der Waals surface area contributed by atoms with Gasteiger partial charge in [0.2, 0.25) is 0 Å². The van der Waals surface area contributed by atoms with Crippen LogP contribution in [0.25, 0.3) is 33.1 Å². The Hall–Kier alpha value is -6.06. The fraction of sp³-hybridized carbons (Fsp3) is 0.408.